The number of aromatic hydroxyl groups is 1. The molecule has 0 radical (unpaired) electrons. The van der Waals surface area contributed by atoms with Gasteiger partial charge in [0.25, 0.3) is 0 Å². The largest absolute Gasteiger partial charge is 0.506 e. The monoisotopic (exact) mass is 415 g/mol. The van der Waals surface area contributed by atoms with E-state index in [-0.39, 0.29) is 35.1 Å². The predicted octanol–water partition coefficient (Wildman–Crippen LogP) is 4.83. The highest BCUT2D eigenvalue weighted by Crippen LogP contribution is 2.67. The fraction of sp³-hybridized carbons (Fsp3) is 0.200. The van der Waals surface area contributed by atoms with E-state index in [4.69, 9.17) is 11.6 Å². The summed E-state index contributed by atoms with van der Waals surface area (Å²) in [5.74, 6) is -1.64. The molecule has 7 rings (SSSR count). The van der Waals surface area contributed by atoms with Crippen LogP contribution in [0.4, 0.5) is 5.69 Å². The molecule has 1 N–H and O–H groups in total. The molecule has 1 fully saturated rings. The van der Waals surface area contributed by atoms with Crippen molar-refractivity contribution in [2.45, 2.75) is 18.8 Å². The van der Waals surface area contributed by atoms with Gasteiger partial charge in [-0.05, 0) is 47.4 Å². The summed E-state index contributed by atoms with van der Waals surface area (Å²) in [7, 11) is 0. The summed E-state index contributed by atoms with van der Waals surface area (Å²) in [6.45, 7) is 1.91. The molecule has 148 valence electrons. The maximum Gasteiger partial charge on any atom is 0.241 e. The molecule has 2 atom stereocenters. The highest BCUT2D eigenvalue weighted by atomic mass is 35.5. The molecule has 3 aromatic rings. The second kappa shape index (κ2) is 5.73. The standard InChI is InChI=1S/C25H18ClNO3/c1-25-21-16-8-4-2-6-14(16)20(15-7-3-5-9-17(15)21)22(25)23(29)27(24(25)30)18-12-13(26)10-11-19(18)28/h2-12,20-22,28H,1H3/t20?,21?,22-,25-/m1/s1. The van der Waals surface area contributed by atoms with Gasteiger partial charge in [-0.25, -0.2) is 4.90 Å². The van der Waals surface area contributed by atoms with Crippen LogP contribution in [0.1, 0.15) is 41.0 Å². The summed E-state index contributed by atoms with van der Waals surface area (Å²) in [6.07, 6.45) is 0. The van der Waals surface area contributed by atoms with Crippen LogP contribution in [0.25, 0.3) is 0 Å². The molecule has 1 heterocycles. The molecule has 30 heavy (non-hydrogen) atoms. The van der Waals surface area contributed by atoms with Gasteiger partial charge >= 0.3 is 0 Å². The normalized spacial score (nSPS) is 28.3. The first-order valence-electron chi connectivity index (χ1n) is 9.99. The van der Waals surface area contributed by atoms with Crippen LogP contribution in [-0.4, -0.2) is 16.9 Å². The van der Waals surface area contributed by atoms with Gasteiger partial charge in [0, 0.05) is 16.9 Å². The number of phenols is 1. The number of phenolic OH excluding ortho intramolecular Hbond substituents is 1. The Morgan fingerprint density at radius 2 is 1.47 bits per heavy atom. The summed E-state index contributed by atoms with van der Waals surface area (Å²) in [5, 5.41) is 10.8. The average molecular weight is 416 g/mol. The van der Waals surface area contributed by atoms with E-state index in [2.05, 4.69) is 24.3 Å². The zero-order chi connectivity index (χ0) is 20.8. The molecular weight excluding hydrogens is 398 g/mol. The lowest BCUT2D eigenvalue weighted by Crippen LogP contribution is -2.49. The minimum Gasteiger partial charge on any atom is -0.506 e. The van der Waals surface area contributed by atoms with Gasteiger partial charge in [0.1, 0.15) is 5.75 Å². The summed E-state index contributed by atoms with van der Waals surface area (Å²) in [4.78, 5) is 28.8. The Hall–Kier alpha value is -3.11. The fourth-order valence-corrected chi connectivity index (χ4v) is 6.19. The summed E-state index contributed by atoms with van der Waals surface area (Å²) < 4.78 is 0. The van der Waals surface area contributed by atoms with E-state index in [9.17, 15) is 14.7 Å². The van der Waals surface area contributed by atoms with Gasteiger partial charge < -0.3 is 5.11 Å². The first-order valence-corrected chi connectivity index (χ1v) is 10.4. The molecule has 4 nitrogen and oxygen atoms in total. The Morgan fingerprint density at radius 3 is 2.07 bits per heavy atom. The number of halogens is 1. The molecule has 0 unspecified atom stereocenters. The molecule has 2 amide bonds. The molecule has 0 saturated carbocycles. The topological polar surface area (TPSA) is 57.6 Å². The SMILES string of the molecule is C[C@]12C(=O)N(c3cc(Cl)ccc3O)C(=O)[C@H]1C1c3ccccc3C2c2ccccc21. The van der Waals surface area contributed by atoms with Crippen molar-refractivity contribution >= 4 is 29.1 Å². The Balaban J connectivity index is 1.63. The van der Waals surface area contributed by atoms with Gasteiger partial charge in [0.05, 0.1) is 17.0 Å². The molecule has 1 aliphatic heterocycles. The van der Waals surface area contributed by atoms with Crippen molar-refractivity contribution in [1.82, 2.24) is 0 Å². The number of hydrogen-bond acceptors (Lipinski definition) is 3. The van der Waals surface area contributed by atoms with Crippen LogP contribution in [0.3, 0.4) is 0 Å². The van der Waals surface area contributed by atoms with Crippen LogP contribution in [-0.2, 0) is 9.59 Å². The van der Waals surface area contributed by atoms with Crippen LogP contribution in [0, 0.1) is 11.3 Å². The van der Waals surface area contributed by atoms with Crippen LogP contribution in [0.5, 0.6) is 5.75 Å². The molecule has 0 aromatic heterocycles. The van der Waals surface area contributed by atoms with Crippen molar-refractivity contribution in [1.29, 1.82) is 0 Å². The zero-order valence-electron chi connectivity index (χ0n) is 16.2. The first-order chi connectivity index (χ1) is 14.4. The van der Waals surface area contributed by atoms with E-state index in [0.29, 0.717) is 5.02 Å². The highest BCUT2D eigenvalue weighted by molar-refractivity contribution is 6.32. The van der Waals surface area contributed by atoms with E-state index in [1.54, 1.807) is 0 Å². The van der Waals surface area contributed by atoms with E-state index < -0.39 is 11.3 Å². The van der Waals surface area contributed by atoms with Crippen molar-refractivity contribution < 1.29 is 14.7 Å². The number of imide groups is 1. The number of anilines is 1. The lowest BCUT2D eigenvalue weighted by Gasteiger charge is -2.51. The number of rotatable bonds is 1. The molecule has 0 spiro atoms. The number of nitrogens with zero attached hydrogens (tertiary/aromatic N) is 1. The number of hydrogen-bond donors (Lipinski definition) is 1. The summed E-state index contributed by atoms with van der Waals surface area (Å²) >= 11 is 6.13. The second-order valence-electron chi connectivity index (χ2n) is 8.54. The third-order valence-electron chi connectivity index (χ3n) is 7.19. The number of carbonyl (C=O) groups is 2. The maximum atomic E-state index is 13.9. The van der Waals surface area contributed by atoms with Gasteiger partial charge in [0.2, 0.25) is 11.8 Å². The van der Waals surface area contributed by atoms with Gasteiger partial charge in [0.15, 0.2) is 0 Å². The maximum absolute atomic E-state index is 13.9. The van der Waals surface area contributed by atoms with Crippen molar-refractivity contribution in [3.8, 4) is 5.75 Å². The smallest absolute Gasteiger partial charge is 0.241 e. The lowest BCUT2D eigenvalue weighted by molar-refractivity contribution is -0.128. The predicted molar refractivity (Wildman–Crippen MR) is 114 cm³/mol. The van der Waals surface area contributed by atoms with Crippen LogP contribution >= 0.6 is 11.6 Å². The van der Waals surface area contributed by atoms with Crippen molar-refractivity contribution in [2.75, 3.05) is 4.90 Å². The van der Waals surface area contributed by atoms with Crippen molar-refractivity contribution in [2.24, 2.45) is 11.3 Å². The lowest BCUT2D eigenvalue weighted by atomic mass is 9.48. The van der Waals surface area contributed by atoms with Crippen molar-refractivity contribution in [3.05, 3.63) is 94.0 Å². The number of amides is 2. The molecule has 4 aliphatic rings. The molecule has 1 saturated heterocycles. The average Bonchev–Trinajstić information content (AvgIpc) is 2.96. The molecular formula is C25H18ClNO3. The van der Waals surface area contributed by atoms with Crippen LogP contribution in [0.15, 0.2) is 66.7 Å². The minimum atomic E-state index is -0.931. The van der Waals surface area contributed by atoms with Crippen molar-refractivity contribution in [3.63, 3.8) is 0 Å². The quantitative estimate of drug-likeness (QED) is 0.579. The van der Waals surface area contributed by atoms with Gasteiger partial charge in [-0.2, -0.15) is 0 Å². The Bertz CT molecular complexity index is 1220. The second-order valence-corrected chi connectivity index (χ2v) is 8.98. The van der Waals surface area contributed by atoms with E-state index in [0.717, 1.165) is 27.2 Å². The van der Waals surface area contributed by atoms with E-state index in [1.807, 2.05) is 31.2 Å². The Morgan fingerprint density at radius 1 is 0.900 bits per heavy atom. The van der Waals surface area contributed by atoms with Gasteiger partial charge in [-0.3, -0.25) is 9.59 Å². The fourth-order valence-electron chi connectivity index (χ4n) is 6.02. The molecule has 3 aromatic carbocycles. The third kappa shape index (κ3) is 1.93. The van der Waals surface area contributed by atoms with Gasteiger partial charge in [-0.15, -0.1) is 0 Å². The zero-order valence-corrected chi connectivity index (χ0v) is 16.9. The van der Waals surface area contributed by atoms with Gasteiger partial charge in [-0.1, -0.05) is 60.1 Å². The summed E-state index contributed by atoms with van der Waals surface area (Å²) in [6, 6.07) is 20.7. The van der Waals surface area contributed by atoms with Crippen LogP contribution < -0.4 is 4.90 Å². The Kier molecular flexibility index (Phi) is 3.39. The van der Waals surface area contributed by atoms with E-state index in [1.165, 1.54) is 18.2 Å². The first kappa shape index (κ1) is 17.7. The molecule has 5 heteroatoms. The summed E-state index contributed by atoms with van der Waals surface area (Å²) in [5.41, 5.74) is 3.67. The third-order valence-corrected chi connectivity index (χ3v) is 7.43. The van der Waals surface area contributed by atoms with E-state index >= 15 is 0 Å². The molecule has 2 bridgehead atoms. The number of carbonyl (C=O) groups excluding carboxylic acids is 2. The Labute approximate surface area is 178 Å². The highest BCUT2D eigenvalue weighted by Gasteiger charge is 2.69. The molecule has 3 aliphatic carbocycles. The number of benzene rings is 3. The minimum absolute atomic E-state index is 0.134. The van der Waals surface area contributed by atoms with Crippen LogP contribution in [0.2, 0.25) is 5.02 Å².